The fraction of sp³-hybridized carbons (Fsp3) is 0.500. The van der Waals surface area contributed by atoms with E-state index >= 15 is 0 Å². The van der Waals surface area contributed by atoms with Crippen molar-refractivity contribution in [1.29, 1.82) is 0 Å². The van der Waals surface area contributed by atoms with Crippen LogP contribution >= 0.6 is 0 Å². The number of nitrogens with one attached hydrogen (secondary N) is 1. The zero-order valence-corrected chi connectivity index (χ0v) is 9.31. The van der Waals surface area contributed by atoms with Crippen molar-refractivity contribution in [3.63, 3.8) is 0 Å². The molecule has 1 fully saturated rings. The van der Waals surface area contributed by atoms with Crippen molar-refractivity contribution >= 4 is 5.69 Å². The fourth-order valence-corrected chi connectivity index (χ4v) is 1.65. The summed E-state index contributed by atoms with van der Waals surface area (Å²) in [5.74, 6) is -3.01. The van der Waals surface area contributed by atoms with E-state index in [0.29, 0.717) is 6.54 Å². The van der Waals surface area contributed by atoms with E-state index in [1.54, 1.807) is 0 Å². The smallest absolute Gasteiger partial charge is 0.296 e. The second-order valence-electron chi connectivity index (χ2n) is 3.94. The van der Waals surface area contributed by atoms with Crippen LogP contribution in [0.2, 0.25) is 0 Å². The second kappa shape index (κ2) is 4.81. The topological polar surface area (TPSA) is 77.3 Å². The molecule has 1 atom stereocenters. The molecular formula is C10H11F2N3O3. The molecule has 2 heterocycles. The summed E-state index contributed by atoms with van der Waals surface area (Å²) < 4.78 is 32.0. The lowest BCUT2D eigenvalue weighted by molar-refractivity contribution is -0.385. The van der Waals surface area contributed by atoms with Crippen LogP contribution in [0.25, 0.3) is 0 Å². The summed E-state index contributed by atoms with van der Waals surface area (Å²) >= 11 is 0. The molecule has 1 saturated heterocycles. The quantitative estimate of drug-likeness (QED) is 0.655. The summed E-state index contributed by atoms with van der Waals surface area (Å²) in [4.78, 5) is 13.4. The van der Waals surface area contributed by atoms with Crippen molar-refractivity contribution in [3.05, 3.63) is 28.4 Å². The lowest BCUT2D eigenvalue weighted by Crippen LogP contribution is -2.52. The molecule has 2 rings (SSSR count). The van der Waals surface area contributed by atoms with E-state index < -0.39 is 23.5 Å². The lowest BCUT2D eigenvalue weighted by atomic mass is 10.1. The van der Waals surface area contributed by atoms with Gasteiger partial charge < -0.3 is 10.1 Å². The zero-order chi connectivity index (χ0) is 13.2. The Morgan fingerprint density at radius 2 is 2.33 bits per heavy atom. The Hall–Kier alpha value is -1.83. The maximum Gasteiger partial charge on any atom is 0.296 e. The molecule has 6 nitrogen and oxygen atoms in total. The van der Waals surface area contributed by atoms with Gasteiger partial charge in [-0.05, 0) is 6.54 Å². The number of hydrogen-bond donors (Lipinski definition) is 1. The van der Waals surface area contributed by atoms with Crippen LogP contribution in [0.1, 0.15) is 6.42 Å². The maximum absolute atomic E-state index is 13.4. The summed E-state index contributed by atoms with van der Waals surface area (Å²) in [5, 5.41) is 13.0. The highest BCUT2D eigenvalue weighted by Crippen LogP contribution is 2.27. The largest absolute Gasteiger partial charge is 0.468 e. The third-order valence-corrected chi connectivity index (χ3v) is 2.61. The predicted molar refractivity (Wildman–Crippen MR) is 57.7 cm³/mol. The molecule has 0 bridgehead atoms. The van der Waals surface area contributed by atoms with Crippen LogP contribution in [0.3, 0.4) is 0 Å². The molecule has 98 valence electrons. The molecule has 1 aromatic rings. The molecule has 1 aliphatic rings. The molecule has 0 aliphatic carbocycles. The predicted octanol–water partition coefficient (Wildman–Crippen LogP) is 1.37. The van der Waals surface area contributed by atoms with Gasteiger partial charge in [0.25, 0.3) is 11.6 Å². The van der Waals surface area contributed by atoms with E-state index in [2.05, 4.69) is 10.3 Å². The monoisotopic (exact) mass is 259 g/mol. The number of nitro groups is 1. The van der Waals surface area contributed by atoms with E-state index in [4.69, 9.17) is 4.74 Å². The summed E-state index contributed by atoms with van der Waals surface area (Å²) in [5.41, 5.74) is -0.209. The van der Waals surface area contributed by atoms with E-state index in [1.165, 1.54) is 12.1 Å². The normalized spacial score (nSPS) is 22.4. The summed E-state index contributed by atoms with van der Waals surface area (Å²) in [6, 6.07) is 2.39. The molecule has 0 spiro atoms. The average molecular weight is 259 g/mol. The number of piperidine rings is 1. The number of alkyl halides is 2. The molecule has 8 heteroatoms. The highest BCUT2D eigenvalue weighted by atomic mass is 19.3. The average Bonchev–Trinajstić information content (AvgIpc) is 2.32. The fourth-order valence-electron chi connectivity index (χ4n) is 1.65. The molecule has 1 N–H and O–H groups in total. The third-order valence-electron chi connectivity index (χ3n) is 2.61. The summed E-state index contributed by atoms with van der Waals surface area (Å²) in [6.07, 6.45) is -0.118. The molecule has 1 aliphatic heterocycles. The van der Waals surface area contributed by atoms with Crippen LogP contribution in [0, 0.1) is 10.1 Å². The Morgan fingerprint density at radius 3 is 2.89 bits per heavy atom. The van der Waals surface area contributed by atoms with Gasteiger partial charge in [0.2, 0.25) is 5.88 Å². The van der Waals surface area contributed by atoms with Crippen LogP contribution in [0.15, 0.2) is 18.3 Å². The first-order valence-electron chi connectivity index (χ1n) is 5.35. The Morgan fingerprint density at radius 1 is 1.56 bits per heavy atom. The van der Waals surface area contributed by atoms with Crippen molar-refractivity contribution in [2.75, 3.05) is 13.1 Å². The first-order chi connectivity index (χ1) is 8.49. The van der Waals surface area contributed by atoms with Crippen LogP contribution in [-0.4, -0.2) is 35.0 Å². The van der Waals surface area contributed by atoms with Gasteiger partial charge in [0.15, 0.2) is 6.10 Å². The van der Waals surface area contributed by atoms with E-state index in [0.717, 1.165) is 6.20 Å². The first-order valence-corrected chi connectivity index (χ1v) is 5.35. The number of hydrogen-bond acceptors (Lipinski definition) is 5. The zero-order valence-electron chi connectivity index (χ0n) is 9.31. The van der Waals surface area contributed by atoms with Gasteiger partial charge in [0.1, 0.15) is 6.20 Å². The van der Waals surface area contributed by atoms with Crippen molar-refractivity contribution in [2.45, 2.75) is 18.4 Å². The molecule has 0 aromatic carbocycles. The number of ether oxygens (including phenoxy) is 1. The van der Waals surface area contributed by atoms with Crippen molar-refractivity contribution in [3.8, 4) is 5.88 Å². The Labute approximate surface area is 101 Å². The van der Waals surface area contributed by atoms with Crippen molar-refractivity contribution in [2.24, 2.45) is 0 Å². The highest BCUT2D eigenvalue weighted by molar-refractivity contribution is 5.29. The van der Waals surface area contributed by atoms with Crippen LogP contribution in [0.5, 0.6) is 5.88 Å². The summed E-state index contributed by atoms with van der Waals surface area (Å²) in [6.45, 7) is -0.00210. The molecule has 0 unspecified atom stereocenters. The molecule has 18 heavy (non-hydrogen) atoms. The molecule has 1 aromatic heterocycles. The minimum Gasteiger partial charge on any atom is -0.468 e. The summed E-state index contributed by atoms with van der Waals surface area (Å²) in [7, 11) is 0. The lowest BCUT2D eigenvalue weighted by Gasteiger charge is -2.31. The minimum atomic E-state index is -2.97. The molecule has 0 amide bonds. The standard InChI is InChI=1S/C10H11F2N3O3/c11-10(12)6-13-4-3-8(10)18-9-2-1-7(5-14-9)15(16)17/h1-2,5,8,13H,3-4,6H2/t8-/m0/s1. The van der Waals surface area contributed by atoms with Gasteiger partial charge in [-0.15, -0.1) is 0 Å². The van der Waals surface area contributed by atoms with Crippen molar-refractivity contribution < 1.29 is 18.4 Å². The Bertz CT molecular complexity index is 438. The van der Waals surface area contributed by atoms with Gasteiger partial charge in [-0.25, -0.2) is 13.8 Å². The van der Waals surface area contributed by atoms with E-state index in [1.807, 2.05) is 0 Å². The van der Waals surface area contributed by atoms with Gasteiger partial charge in [-0.1, -0.05) is 0 Å². The number of rotatable bonds is 3. The number of nitrogens with zero attached hydrogens (tertiary/aromatic N) is 2. The molecule has 0 radical (unpaired) electrons. The van der Waals surface area contributed by atoms with Gasteiger partial charge in [-0.2, -0.15) is 0 Å². The number of halogens is 2. The van der Waals surface area contributed by atoms with Crippen LogP contribution in [-0.2, 0) is 0 Å². The van der Waals surface area contributed by atoms with E-state index in [-0.39, 0.29) is 18.0 Å². The Kier molecular flexibility index (Phi) is 3.37. The van der Waals surface area contributed by atoms with E-state index in [9.17, 15) is 18.9 Å². The minimum absolute atomic E-state index is 0.0350. The van der Waals surface area contributed by atoms with Gasteiger partial charge in [0, 0.05) is 18.6 Å². The second-order valence-corrected chi connectivity index (χ2v) is 3.94. The van der Waals surface area contributed by atoms with Crippen molar-refractivity contribution in [1.82, 2.24) is 10.3 Å². The van der Waals surface area contributed by atoms with Gasteiger partial charge in [-0.3, -0.25) is 10.1 Å². The van der Waals surface area contributed by atoms with Gasteiger partial charge in [0.05, 0.1) is 11.5 Å². The van der Waals surface area contributed by atoms with Gasteiger partial charge >= 0.3 is 0 Å². The number of pyridine rings is 1. The molecule has 0 saturated carbocycles. The number of aromatic nitrogens is 1. The SMILES string of the molecule is O=[N+]([O-])c1ccc(O[C@H]2CCNCC2(F)F)nc1. The maximum atomic E-state index is 13.4. The third kappa shape index (κ3) is 2.70. The Balaban J connectivity index is 2.06. The first kappa shape index (κ1) is 12.6. The highest BCUT2D eigenvalue weighted by Gasteiger charge is 2.43. The molecular weight excluding hydrogens is 248 g/mol. The van der Waals surface area contributed by atoms with Crippen LogP contribution in [0.4, 0.5) is 14.5 Å². The van der Waals surface area contributed by atoms with Crippen LogP contribution < -0.4 is 10.1 Å².